The third-order valence-corrected chi connectivity index (χ3v) is 3.70. The van der Waals surface area contributed by atoms with Gasteiger partial charge in [0, 0.05) is 44.4 Å². The summed E-state index contributed by atoms with van der Waals surface area (Å²) in [5.74, 6) is 0.965. The number of nitrogens with one attached hydrogen (secondary N) is 1. The van der Waals surface area contributed by atoms with Crippen LogP contribution >= 0.6 is 0 Å². The van der Waals surface area contributed by atoms with Crippen LogP contribution in [0.15, 0.2) is 37.1 Å². The molecule has 2 aromatic rings. The maximum atomic E-state index is 12.0. The Morgan fingerprint density at radius 3 is 2.86 bits per heavy atom. The van der Waals surface area contributed by atoms with Gasteiger partial charge in [0.1, 0.15) is 5.69 Å². The number of hydrogen-bond donors (Lipinski definition) is 1. The van der Waals surface area contributed by atoms with E-state index in [1.807, 2.05) is 6.07 Å². The Labute approximate surface area is 128 Å². The van der Waals surface area contributed by atoms with E-state index in [1.54, 1.807) is 18.6 Å². The lowest BCUT2D eigenvalue weighted by Gasteiger charge is -2.32. The molecule has 1 N–H and O–H groups in total. The van der Waals surface area contributed by atoms with Crippen molar-refractivity contribution in [1.29, 1.82) is 0 Å². The van der Waals surface area contributed by atoms with Crippen LogP contribution < -0.4 is 10.2 Å². The van der Waals surface area contributed by atoms with Crippen LogP contribution in [0.3, 0.4) is 0 Å². The lowest BCUT2D eigenvalue weighted by atomic mass is 9.98. The van der Waals surface area contributed by atoms with E-state index in [0.717, 1.165) is 31.9 Å². The molecule has 0 radical (unpaired) electrons. The molecule has 0 aromatic carbocycles. The molecule has 0 saturated carbocycles. The maximum absolute atomic E-state index is 12.0. The molecule has 1 aliphatic rings. The highest BCUT2D eigenvalue weighted by molar-refractivity contribution is 5.91. The van der Waals surface area contributed by atoms with Gasteiger partial charge >= 0.3 is 0 Å². The van der Waals surface area contributed by atoms with Gasteiger partial charge in [0.05, 0.1) is 6.20 Å². The molecule has 3 heterocycles. The highest BCUT2D eigenvalue weighted by atomic mass is 16.1. The average molecular weight is 298 g/mol. The molecule has 3 rings (SSSR count). The first-order valence-electron chi connectivity index (χ1n) is 7.39. The molecule has 0 aliphatic carbocycles. The van der Waals surface area contributed by atoms with Gasteiger partial charge in [0.2, 0.25) is 5.95 Å². The number of hydrogen-bond acceptors (Lipinski definition) is 6. The summed E-state index contributed by atoms with van der Waals surface area (Å²) < 4.78 is 0. The molecule has 1 aliphatic heterocycles. The molecule has 7 nitrogen and oxygen atoms in total. The van der Waals surface area contributed by atoms with Gasteiger partial charge in [-0.3, -0.25) is 9.78 Å². The van der Waals surface area contributed by atoms with Crippen molar-refractivity contribution in [1.82, 2.24) is 25.3 Å². The molecular weight excluding hydrogens is 280 g/mol. The minimum absolute atomic E-state index is 0.179. The summed E-state index contributed by atoms with van der Waals surface area (Å²) >= 11 is 0. The second-order valence-corrected chi connectivity index (χ2v) is 5.30. The first-order valence-corrected chi connectivity index (χ1v) is 7.39. The minimum atomic E-state index is -0.179. The van der Waals surface area contributed by atoms with Gasteiger partial charge in [0.15, 0.2) is 0 Å². The van der Waals surface area contributed by atoms with E-state index in [0.29, 0.717) is 18.2 Å². The van der Waals surface area contributed by atoms with Crippen LogP contribution in [0.4, 0.5) is 5.95 Å². The number of carbonyl (C=O) groups is 1. The zero-order valence-electron chi connectivity index (χ0n) is 12.2. The quantitative estimate of drug-likeness (QED) is 0.903. The van der Waals surface area contributed by atoms with Gasteiger partial charge in [-0.25, -0.2) is 15.0 Å². The SMILES string of the molecule is O=C(NCC1CCCN(c2ncccn2)C1)c1cnccn1. The fourth-order valence-electron chi connectivity index (χ4n) is 2.61. The third-order valence-electron chi connectivity index (χ3n) is 3.70. The van der Waals surface area contributed by atoms with Gasteiger partial charge in [0.25, 0.3) is 5.91 Å². The minimum Gasteiger partial charge on any atom is -0.350 e. The summed E-state index contributed by atoms with van der Waals surface area (Å²) in [4.78, 5) is 30.6. The topological polar surface area (TPSA) is 83.9 Å². The number of rotatable bonds is 4. The van der Waals surface area contributed by atoms with Crippen LogP contribution in [0.25, 0.3) is 0 Å². The highest BCUT2D eigenvalue weighted by Crippen LogP contribution is 2.19. The van der Waals surface area contributed by atoms with Crippen LogP contribution in [0.1, 0.15) is 23.3 Å². The second kappa shape index (κ2) is 6.93. The smallest absolute Gasteiger partial charge is 0.271 e. The normalized spacial score (nSPS) is 18.0. The van der Waals surface area contributed by atoms with Gasteiger partial charge in [-0.05, 0) is 24.8 Å². The average Bonchev–Trinajstić information content (AvgIpc) is 2.61. The number of nitrogens with zero attached hydrogens (tertiary/aromatic N) is 5. The Morgan fingerprint density at radius 1 is 1.23 bits per heavy atom. The molecule has 1 atom stereocenters. The Hall–Kier alpha value is -2.57. The summed E-state index contributed by atoms with van der Waals surface area (Å²) in [5.41, 5.74) is 0.349. The second-order valence-electron chi connectivity index (χ2n) is 5.30. The number of piperidine rings is 1. The van der Waals surface area contributed by atoms with Crippen LogP contribution in [0.2, 0.25) is 0 Å². The molecule has 22 heavy (non-hydrogen) atoms. The van der Waals surface area contributed by atoms with E-state index >= 15 is 0 Å². The van der Waals surface area contributed by atoms with E-state index in [4.69, 9.17) is 0 Å². The lowest BCUT2D eigenvalue weighted by molar-refractivity contribution is 0.0940. The number of carbonyl (C=O) groups excluding carboxylic acids is 1. The van der Waals surface area contributed by atoms with Crippen molar-refractivity contribution in [2.24, 2.45) is 5.92 Å². The van der Waals surface area contributed by atoms with Crippen LogP contribution in [0.5, 0.6) is 0 Å². The molecule has 1 amide bonds. The zero-order chi connectivity index (χ0) is 15.2. The maximum Gasteiger partial charge on any atom is 0.271 e. The molecule has 1 fully saturated rings. The molecular formula is C15H18N6O. The van der Waals surface area contributed by atoms with Crippen LogP contribution in [-0.4, -0.2) is 45.5 Å². The lowest BCUT2D eigenvalue weighted by Crippen LogP contribution is -2.41. The van der Waals surface area contributed by atoms with Crippen molar-refractivity contribution >= 4 is 11.9 Å². The van der Waals surface area contributed by atoms with Gasteiger partial charge < -0.3 is 10.2 Å². The Bertz CT molecular complexity index is 606. The Balaban J connectivity index is 1.54. The first-order chi connectivity index (χ1) is 10.8. The molecule has 0 bridgehead atoms. The number of anilines is 1. The van der Waals surface area contributed by atoms with Crippen molar-refractivity contribution in [2.75, 3.05) is 24.5 Å². The summed E-state index contributed by atoms with van der Waals surface area (Å²) in [7, 11) is 0. The van der Waals surface area contributed by atoms with Crippen molar-refractivity contribution < 1.29 is 4.79 Å². The van der Waals surface area contributed by atoms with Crippen LogP contribution in [0, 0.1) is 5.92 Å². The molecule has 7 heteroatoms. The summed E-state index contributed by atoms with van der Waals surface area (Å²) in [6.45, 7) is 2.43. The Morgan fingerprint density at radius 2 is 2.09 bits per heavy atom. The summed E-state index contributed by atoms with van der Waals surface area (Å²) in [5, 5.41) is 2.93. The molecule has 0 spiro atoms. The van der Waals surface area contributed by atoms with E-state index < -0.39 is 0 Å². The standard InChI is InChI=1S/C15H18N6O/c22-14(13-10-16-6-7-17-13)20-9-12-3-1-8-21(11-12)15-18-4-2-5-19-15/h2,4-7,10,12H,1,3,8-9,11H2,(H,20,22). The number of amides is 1. The fourth-order valence-corrected chi connectivity index (χ4v) is 2.61. The van der Waals surface area contributed by atoms with Crippen molar-refractivity contribution in [2.45, 2.75) is 12.8 Å². The largest absolute Gasteiger partial charge is 0.350 e. The van der Waals surface area contributed by atoms with Crippen molar-refractivity contribution in [3.63, 3.8) is 0 Å². The van der Waals surface area contributed by atoms with E-state index in [9.17, 15) is 4.79 Å². The fraction of sp³-hybridized carbons (Fsp3) is 0.400. The van der Waals surface area contributed by atoms with Crippen molar-refractivity contribution in [3.05, 3.63) is 42.7 Å². The molecule has 2 aromatic heterocycles. The van der Waals surface area contributed by atoms with Gasteiger partial charge in [-0.15, -0.1) is 0 Å². The summed E-state index contributed by atoms with van der Waals surface area (Å²) in [6, 6.07) is 1.81. The zero-order valence-corrected chi connectivity index (χ0v) is 12.2. The monoisotopic (exact) mass is 298 g/mol. The van der Waals surface area contributed by atoms with Crippen LogP contribution in [-0.2, 0) is 0 Å². The van der Waals surface area contributed by atoms with E-state index in [1.165, 1.54) is 12.4 Å². The predicted octanol–water partition coefficient (Wildman–Crippen LogP) is 0.913. The van der Waals surface area contributed by atoms with Gasteiger partial charge in [-0.2, -0.15) is 0 Å². The highest BCUT2D eigenvalue weighted by Gasteiger charge is 2.22. The van der Waals surface area contributed by atoms with E-state index in [2.05, 4.69) is 30.2 Å². The molecule has 1 unspecified atom stereocenters. The first kappa shape index (κ1) is 14.4. The molecule has 114 valence electrons. The third kappa shape index (κ3) is 3.55. The van der Waals surface area contributed by atoms with Crippen molar-refractivity contribution in [3.8, 4) is 0 Å². The number of aromatic nitrogens is 4. The Kier molecular flexibility index (Phi) is 4.53. The van der Waals surface area contributed by atoms with E-state index in [-0.39, 0.29) is 5.91 Å². The molecule has 1 saturated heterocycles. The summed E-state index contributed by atoms with van der Waals surface area (Å²) in [6.07, 6.45) is 10.2. The predicted molar refractivity (Wildman–Crippen MR) is 81.3 cm³/mol. The van der Waals surface area contributed by atoms with Gasteiger partial charge in [-0.1, -0.05) is 0 Å².